The van der Waals surface area contributed by atoms with Gasteiger partial charge in [0.25, 0.3) is 0 Å². The largest absolute Gasteiger partial charge is 0.466 e. The molecule has 1 N–H and O–H groups in total. The molecular formula is C24H22INO3. The number of esters is 1. The molecule has 2 aromatic rings. The van der Waals surface area contributed by atoms with E-state index < -0.39 is 11.9 Å². The van der Waals surface area contributed by atoms with Crippen LogP contribution < -0.4 is 5.32 Å². The third-order valence-electron chi connectivity index (χ3n) is 5.69. The van der Waals surface area contributed by atoms with Crippen molar-refractivity contribution < 1.29 is 14.3 Å². The Labute approximate surface area is 184 Å². The Kier molecular flexibility index (Phi) is 5.58. The van der Waals surface area contributed by atoms with Gasteiger partial charge in [0, 0.05) is 32.9 Å². The number of halogens is 1. The second kappa shape index (κ2) is 8.14. The zero-order valence-corrected chi connectivity index (χ0v) is 18.5. The first-order valence-electron chi connectivity index (χ1n) is 9.62. The summed E-state index contributed by atoms with van der Waals surface area (Å²) in [7, 11) is 1.38. The van der Waals surface area contributed by atoms with Gasteiger partial charge in [-0.25, -0.2) is 4.79 Å². The lowest BCUT2D eigenvalue weighted by atomic mass is 9.72. The number of nitrogens with one attached hydrogen (secondary N) is 1. The number of allylic oxidation sites excluding steroid dienone is 3. The number of hydrogen-bond acceptors (Lipinski definition) is 4. The van der Waals surface area contributed by atoms with Crippen molar-refractivity contribution in [1.82, 2.24) is 5.32 Å². The van der Waals surface area contributed by atoms with Gasteiger partial charge in [-0.3, -0.25) is 4.79 Å². The topological polar surface area (TPSA) is 55.4 Å². The lowest BCUT2D eigenvalue weighted by molar-refractivity contribution is -0.136. The van der Waals surface area contributed by atoms with E-state index in [2.05, 4.69) is 40.0 Å². The molecule has 0 spiro atoms. The highest BCUT2D eigenvalue weighted by molar-refractivity contribution is 14.1. The van der Waals surface area contributed by atoms with Gasteiger partial charge in [-0.15, -0.1) is 0 Å². The number of carbonyl (C=O) groups is 2. The molecule has 0 radical (unpaired) electrons. The Morgan fingerprint density at radius 2 is 1.79 bits per heavy atom. The summed E-state index contributed by atoms with van der Waals surface area (Å²) in [6, 6.07) is 18.1. The number of carbonyl (C=O) groups excluding carboxylic acids is 2. The summed E-state index contributed by atoms with van der Waals surface area (Å²) in [4.78, 5) is 26.0. The zero-order valence-electron chi connectivity index (χ0n) is 16.4. The molecule has 0 saturated carbocycles. The number of benzene rings is 2. The summed E-state index contributed by atoms with van der Waals surface area (Å²) in [6.45, 7) is 1.88. The maximum Gasteiger partial charge on any atom is 0.336 e. The summed E-state index contributed by atoms with van der Waals surface area (Å²) in [5, 5.41) is 3.36. The highest BCUT2D eigenvalue weighted by Crippen LogP contribution is 2.45. The minimum absolute atomic E-state index is 0.0883. The second-order valence-corrected chi connectivity index (χ2v) is 8.72. The fraction of sp³-hybridized carbons (Fsp3) is 0.250. The van der Waals surface area contributed by atoms with Crippen LogP contribution in [0.25, 0.3) is 0 Å². The molecule has 1 heterocycles. The lowest BCUT2D eigenvalue weighted by Crippen LogP contribution is -2.36. The number of dihydropyridines is 1. The molecule has 0 bridgehead atoms. The van der Waals surface area contributed by atoms with Gasteiger partial charge < -0.3 is 10.1 Å². The van der Waals surface area contributed by atoms with Crippen molar-refractivity contribution in [3.05, 3.63) is 91.8 Å². The Balaban J connectivity index is 1.82. The Morgan fingerprint density at radius 3 is 2.48 bits per heavy atom. The highest BCUT2D eigenvalue weighted by atomic mass is 127. The van der Waals surface area contributed by atoms with E-state index in [0.29, 0.717) is 17.6 Å². The molecule has 29 heavy (non-hydrogen) atoms. The van der Waals surface area contributed by atoms with E-state index >= 15 is 0 Å². The first-order chi connectivity index (χ1) is 14.0. The molecule has 0 aromatic heterocycles. The maximum atomic E-state index is 13.4. The second-order valence-electron chi connectivity index (χ2n) is 7.47. The van der Waals surface area contributed by atoms with Crippen LogP contribution in [0.2, 0.25) is 0 Å². The average molecular weight is 499 g/mol. The Morgan fingerprint density at radius 1 is 1.07 bits per heavy atom. The van der Waals surface area contributed by atoms with Gasteiger partial charge in [-0.1, -0.05) is 42.5 Å². The first-order valence-corrected chi connectivity index (χ1v) is 10.7. The smallest absolute Gasteiger partial charge is 0.336 e. The third-order valence-corrected chi connectivity index (χ3v) is 6.36. The molecule has 0 unspecified atom stereocenters. The maximum absolute atomic E-state index is 13.4. The van der Waals surface area contributed by atoms with Crippen LogP contribution in [-0.4, -0.2) is 18.9 Å². The molecule has 0 amide bonds. The Bertz CT molecular complexity index is 1040. The molecule has 2 aliphatic rings. The molecule has 0 fully saturated rings. The average Bonchev–Trinajstić information content (AvgIpc) is 2.72. The van der Waals surface area contributed by atoms with E-state index in [-0.39, 0.29) is 11.7 Å². The van der Waals surface area contributed by atoms with E-state index in [1.165, 1.54) is 12.7 Å². The van der Waals surface area contributed by atoms with Gasteiger partial charge in [0.15, 0.2) is 5.78 Å². The van der Waals surface area contributed by atoms with Crippen molar-refractivity contribution in [2.75, 3.05) is 7.11 Å². The molecule has 148 valence electrons. The monoisotopic (exact) mass is 499 g/mol. The van der Waals surface area contributed by atoms with Crippen LogP contribution in [-0.2, 0) is 14.3 Å². The van der Waals surface area contributed by atoms with E-state index in [0.717, 1.165) is 26.9 Å². The summed E-state index contributed by atoms with van der Waals surface area (Å²) in [5.74, 6) is -0.578. The van der Waals surface area contributed by atoms with Gasteiger partial charge in [0.1, 0.15) is 0 Å². The number of rotatable bonds is 3. The van der Waals surface area contributed by atoms with Crippen LogP contribution in [0.4, 0.5) is 0 Å². The summed E-state index contributed by atoms with van der Waals surface area (Å²) < 4.78 is 6.14. The van der Waals surface area contributed by atoms with Crippen LogP contribution in [0, 0.1) is 3.57 Å². The SMILES string of the molecule is COC(=O)C1=C(C)NC2=C(C(=O)C[C@H](c3ccccc3)C2)[C@H]1c1cccc(I)c1. The minimum Gasteiger partial charge on any atom is -0.466 e. The van der Waals surface area contributed by atoms with Crippen molar-refractivity contribution in [3.8, 4) is 0 Å². The number of ketones is 1. The minimum atomic E-state index is -0.405. The molecule has 4 nitrogen and oxygen atoms in total. The van der Waals surface area contributed by atoms with Gasteiger partial charge in [0.2, 0.25) is 0 Å². The number of Topliss-reactive ketones (excluding diaryl/α,β-unsaturated/α-hetero) is 1. The van der Waals surface area contributed by atoms with E-state index in [4.69, 9.17) is 4.74 Å². The third kappa shape index (κ3) is 3.75. The molecule has 0 saturated heterocycles. The van der Waals surface area contributed by atoms with Crippen LogP contribution in [0.1, 0.15) is 42.7 Å². The summed E-state index contributed by atoms with van der Waals surface area (Å²) >= 11 is 2.26. The quantitative estimate of drug-likeness (QED) is 0.486. The van der Waals surface area contributed by atoms with Crippen molar-refractivity contribution >= 4 is 34.3 Å². The van der Waals surface area contributed by atoms with E-state index in [1.807, 2.05) is 49.4 Å². The van der Waals surface area contributed by atoms with Crippen LogP contribution in [0.3, 0.4) is 0 Å². The predicted molar refractivity (Wildman–Crippen MR) is 120 cm³/mol. The van der Waals surface area contributed by atoms with Gasteiger partial charge in [-0.2, -0.15) is 0 Å². The van der Waals surface area contributed by atoms with Crippen molar-refractivity contribution in [1.29, 1.82) is 0 Å². The molecule has 2 aromatic carbocycles. The lowest BCUT2D eigenvalue weighted by Gasteiger charge is -2.36. The molecule has 1 aliphatic carbocycles. The van der Waals surface area contributed by atoms with Crippen LogP contribution in [0.5, 0.6) is 0 Å². The van der Waals surface area contributed by atoms with E-state index in [1.54, 1.807) is 0 Å². The molecule has 1 aliphatic heterocycles. The predicted octanol–water partition coefficient (Wildman–Crippen LogP) is 4.83. The normalized spacial score (nSPS) is 21.6. The van der Waals surface area contributed by atoms with Crippen LogP contribution in [0.15, 0.2) is 77.1 Å². The zero-order chi connectivity index (χ0) is 20.5. The van der Waals surface area contributed by atoms with Crippen molar-refractivity contribution in [3.63, 3.8) is 0 Å². The van der Waals surface area contributed by atoms with Gasteiger partial charge >= 0.3 is 5.97 Å². The van der Waals surface area contributed by atoms with Crippen molar-refractivity contribution in [2.45, 2.75) is 31.6 Å². The van der Waals surface area contributed by atoms with Gasteiger partial charge in [-0.05, 0) is 65.1 Å². The van der Waals surface area contributed by atoms with E-state index in [9.17, 15) is 9.59 Å². The van der Waals surface area contributed by atoms with Crippen LogP contribution >= 0.6 is 22.6 Å². The highest BCUT2D eigenvalue weighted by Gasteiger charge is 2.41. The number of methoxy groups -OCH3 is 1. The molecule has 2 atom stereocenters. The number of ether oxygens (including phenoxy) is 1. The number of hydrogen-bond donors (Lipinski definition) is 1. The standard InChI is InChI=1S/C24H22INO3/c1-14-21(24(28)29-2)22(16-9-6-10-18(25)11-16)23-19(26-14)12-17(13-20(23)27)15-7-4-3-5-8-15/h3-11,17,22,26H,12-13H2,1-2H3/t17-,22+/m1/s1. The summed E-state index contributed by atoms with van der Waals surface area (Å²) in [5.41, 5.74) is 4.99. The fourth-order valence-electron chi connectivity index (χ4n) is 4.40. The molecule has 5 heteroatoms. The van der Waals surface area contributed by atoms with Crippen molar-refractivity contribution in [2.24, 2.45) is 0 Å². The summed E-state index contributed by atoms with van der Waals surface area (Å²) in [6.07, 6.45) is 1.19. The fourth-order valence-corrected chi connectivity index (χ4v) is 4.97. The Hall–Kier alpha value is -2.41. The molecular weight excluding hydrogens is 477 g/mol. The molecule has 4 rings (SSSR count). The van der Waals surface area contributed by atoms with Gasteiger partial charge in [0.05, 0.1) is 12.7 Å². The first kappa shape index (κ1) is 19.9.